The van der Waals surface area contributed by atoms with E-state index in [0.29, 0.717) is 5.82 Å². The first-order chi connectivity index (χ1) is 9.02. The fourth-order valence-electron chi connectivity index (χ4n) is 1.38. The molecule has 0 atom stereocenters. The summed E-state index contributed by atoms with van der Waals surface area (Å²) < 4.78 is 2.11. The molecule has 0 aliphatic carbocycles. The summed E-state index contributed by atoms with van der Waals surface area (Å²) in [5, 5.41) is 26.2. The molecule has 0 unspecified atom stereocenters. The minimum absolute atomic E-state index is 0.225. The normalized spacial score (nSPS) is 11.5. The molecule has 2 aromatic heterocycles. The first-order valence-corrected chi connectivity index (χ1v) is 5.66. The molecule has 0 fully saturated rings. The summed E-state index contributed by atoms with van der Waals surface area (Å²) in [6, 6.07) is 2.62. The predicted octanol–water partition coefficient (Wildman–Crippen LogP) is 1.03. The van der Waals surface area contributed by atoms with Gasteiger partial charge in [0.2, 0.25) is 0 Å². The van der Waals surface area contributed by atoms with E-state index in [1.54, 1.807) is 6.20 Å². The third kappa shape index (κ3) is 2.52. The van der Waals surface area contributed by atoms with E-state index >= 15 is 0 Å². The van der Waals surface area contributed by atoms with Gasteiger partial charge in [-0.1, -0.05) is 5.16 Å². The molecule has 2 rings (SSSR count). The number of oxime groups is 1. The van der Waals surface area contributed by atoms with Gasteiger partial charge in [-0.05, 0) is 22.0 Å². The first-order valence-electron chi connectivity index (χ1n) is 4.87. The van der Waals surface area contributed by atoms with Crippen molar-refractivity contribution in [1.82, 2.24) is 14.8 Å². The maximum absolute atomic E-state index is 10.8. The molecule has 0 aromatic carbocycles. The van der Waals surface area contributed by atoms with Crippen molar-refractivity contribution in [3.05, 3.63) is 44.8 Å². The van der Waals surface area contributed by atoms with Crippen LogP contribution in [0.4, 0.5) is 5.69 Å². The highest BCUT2D eigenvalue weighted by Gasteiger charge is 2.20. The highest BCUT2D eigenvalue weighted by Crippen LogP contribution is 2.19. The van der Waals surface area contributed by atoms with Gasteiger partial charge in [-0.3, -0.25) is 10.1 Å². The second-order valence-corrected chi connectivity index (χ2v) is 4.30. The Labute approximate surface area is 114 Å². The maximum atomic E-state index is 10.8. The van der Waals surface area contributed by atoms with Crippen molar-refractivity contribution >= 4 is 27.5 Å². The SMILES string of the molecule is N/C(=N/O)c1nc(-n2cc(Br)cn2)ccc1[N+](=O)[O-]. The van der Waals surface area contributed by atoms with E-state index in [9.17, 15) is 10.1 Å². The van der Waals surface area contributed by atoms with Crippen LogP contribution in [0.15, 0.2) is 34.2 Å². The van der Waals surface area contributed by atoms with Crippen LogP contribution in [-0.4, -0.2) is 30.7 Å². The molecule has 2 heterocycles. The third-order valence-electron chi connectivity index (χ3n) is 2.19. The summed E-state index contributed by atoms with van der Waals surface area (Å²) in [6.07, 6.45) is 3.15. The van der Waals surface area contributed by atoms with Gasteiger partial charge in [0.05, 0.1) is 15.6 Å². The van der Waals surface area contributed by atoms with E-state index in [-0.39, 0.29) is 11.4 Å². The molecule has 0 saturated heterocycles. The Morgan fingerprint density at radius 3 is 2.84 bits per heavy atom. The Kier molecular flexibility index (Phi) is 3.42. The number of hydrogen-bond donors (Lipinski definition) is 2. The quantitative estimate of drug-likeness (QED) is 0.284. The zero-order chi connectivity index (χ0) is 14.0. The minimum Gasteiger partial charge on any atom is -0.409 e. The van der Waals surface area contributed by atoms with Gasteiger partial charge < -0.3 is 10.9 Å². The van der Waals surface area contributed by atoms with Crippen molar-refractivity contribution in [2.45, 2.75) is 0 Å². The van der Waals surface area contributed by atoms with E-state index in [1.807, 2.05) is 0 Å². The van der Waals surface area contributed by atoms with E-state index in [1.165, 1.54) is 23.0 Å². The summed E-state index contributed by atoms with van der Waals surface area (Å²) in [5.74, 6) is -0.141. The molecule has 2 aromatic rings. The van der Waals surface area contributed by atoms with Gasteiger partial charge in [0, 0.05) is 12.3 Å². The second kappa shape index (κ2) is 5.02. The molecule has 98 valence electrons. The Morgan fingerprint density at radius 2 is 2.32 bits per heavy atom. The molecule has 19 heavy (non-hydrogen) atoms. The standard InChI is InChI=1S/C9H7BrN6O3/c10-5-3-12-15(4-5)7-2-1-6(16(18)19)8(13-7)9(11)14-17/h1-4,17H,(H2,11,14). The van der Waals surface area contributed by atoms with Gasteiger partial charge in [-0.25, -0.2) is 9.67 Å². The largest absolute Gasteiger partial charge is 0.409 e. The molecule has 3 N–H and O–H groups in total. The van der Waals surface area contributed by atoms with Gasteiger partial charge in [-0.15, -0.1) is 0 Å². The number of hydrogen-bond acceptors (Lipinski definition) is 6. The maximum Gasteiger partial charge on any atom is 0.298 e. The zero-order valence-electron chi connectivity index (χ0n) is 9.26. The number of nitrogens with two attached hydrogens (primary N) is 1. The number of nitrogens with zero attached hydrogens (tertiary/aromatic N) is 5. The number of rotatable bonds is 3. The lowest BCUT2D eigenvalue weighted by atomic mass is 10.2. The topological polar surface area (TPSA) is 132 Å². The highest BCUT2D eigenvalue weighted by molar-refractivity contribution is 9.10. The van der Waals surface area contributed by atoms with Gasteiger partial charge in [-0.2, -0.15) is 5.10 Å². The molecule has 0 bridgehead atoms. The van der Waals surface area contributed by atoms with Crippen LogP contribution in [0.25, 0.3) is 5.82 Å². The summed E-state index contributed by atoms with van der Waals surface area (Å²) in [4.78, 5) is 14.1. The third-order valence-corrected chi connectivity index (χ3v) is 2.60. The van der Waals surface area contributed by atoms with Crippen LogP contribution in [-0.2, 0) is 0 Å². The fourth-order valence-corrected chi connectivity index (χ4v) is 1.66. The Bertz CT molecular complexity index is 668. The van der Waals surface area contributed by atoms with Gasteiger partial charge in [0.25, 0.3) is 5.69 Å². The van der Waals surface area contributed by atoms with Crippen LogP contribution in [0.1, 0.15) is 5.69 Å². The van der Waals surface area contributed by atoms with Gasteiger partial charge >= 0.3 is 0 Å². The smallest absolute Gasteiger partial charge is 0.298 e. The average Bonchev–Trinajstić information content (AvgIpc) is 2.83. The van der Waals surface area contributed by atoms with Gasteiger partial charge in [0.1, 0.15) is 0 Å². The van der Waals surface area contributed by atoms with Crippen LogP contribution in [0.2, 0.25) is 0 Å². The van der Waals surface area contributed by atoms with Crippen molar-refractivity contribution in [3.8, 4) is 5.82 Å². The van der Waals surface area contributed by atoms with Crippen LogP contribution in [0, 0.1) is 10.1 Å². The average molecular weight is 327 g/mol. The van der Waals surface area contributed by atoms with E-state index in [2.05, 4.69) is 31.2 Å². The van der Waals surface area contributed by atoms with Crippen molar-refractivity contribution in [1.29, 1.82) is 0 Å². The monoisotopic (exact) mass is 326 g/mol. The number of nitro groups is 1. The van der Waals surface area contributed by atoms with Crippen molar-refractivity contribution < 1.29 is 10.1 Å². The van der Waals surface area contributed by atoms with Crippen molar-refractivity contribution in [2.75, 3.05) is 0 Å². The lowest BCUT2D eigenvalue weighted by Gasteiger charge is -2.04. The molecule has 0 aliphatic rings. The number of amidine groups is 1. The Morgan fingerprint density at radius 1 is 1.58 bits per heavy atom. The molecule has 10 heteroatoms. The number of halogens is 1. The van der Waals surface area contributed by atoms with Crippen LogP contribution in [0.5, 0.6) is 0 Å². The summed E-state index contributed by atoms with van der Waals surface area (Å²) in [5.41, 5.74) is 4.80. The molecule has 0 spiro atoms. The number of aromatic nitrogens is 3. The van der Waals surface area contributed by atoms with Crippen LogP contribution >= 0.6 is 15.9 Å². The minimum atomic E-state index is -0.664. The fraction of sp³-hybridized carbons (Fsp3) is 0. The first kappa shape index (κ1) is 13.0. The highest BCUT2D eigenvalue weighted by atomic mass is 79.9. The Hall–Kier alpha value is -2.49. The second-order valence-electron chi connectivity index (χ2n) is 3.38. The van der Waals surface area contributed by atoms with E-state index in [4.69, 9.17) is 10.9 Å². The van der Waals surface area contributed by atoms with Crippen molar-refractivity contribution in [3.63, 3.8) is 0 Å². The van der Waals surface area contributed by atoms with Crippen LogP contribution in [0.3, 0.4) is 0 Å². The lowest BCUT2D eigenvalue weighted by Crippen LogP contribution is -2.18. The van der Waals surface area contributed by atoms with Gasteiger partial charge in [0.15, 0.2) is 17.3 Å². The molecular weight excluding hydrogens is 320 g/mol. The molecule has 0 amide bonds. The molecule has 9 nitrogen and oxygen atoms in total. The Balaban J connectivity index is 2.58. The lowest BCUT2D eigenvalue weighted by molar-refractivity contribution is -0.385. The summed E-state index contributed by atoms with van der Waals surface area (Å²) >= 11 is 3.22. The van der Waals surface area contributed by atoms with Crippen molar-refractivity contribution in [2.24, 2.45) is 10.9 Å². The predicted molar refractivity (Wildman–Crippen MR) is 68.2 cm³/mol. The molecule has 0 saturated carbocycles. The molecular formula is C9H7BrN6O3. The molecule has 0 radical (unpaired) electrons. The summed E-state index contributed by atoms with van der Waals surface area (Å²) in [6.45, 7) is 0. The molecule has 0 aliphatic heterocycles. The summed E-state index contributed by atoms with van der Waals surface area (Å²) in [7, 11) is 0. The number of pyridine rings is 1. The van der Waals surface area contributed by atoms with Crippen LogP contribution < -0.4 is 5.73 Å². The zero-order valence-corrected chi connectivity index (χ0v) is 10.9. The van der Waals surface area contributed by atoms with E-state index < -0.39 is 10.8 Å². The van der Waals surface area contributed by atoms with E-state index in [0.717, 1.165) is 4.47 Å².